The van der Waals surface area contributed by atoms with Crippen LogP contribution in [0.4, 0.5) is 0 Å². The van der Waals surface area contributed by atoms with Gasteiger partial charge >= 0.3 is 11.9 Å². The van der Waals surface area contributed by atoms with Crippen LogP contribution in [0.25, 0.3) is 11.1 Å². The highest BCUT2D eigenvalue weighted by molar-refractivity contribution is 5.89. The Labute approximate surface area is 192 Å². The molecule has 33 heavy (non-hydrogen) atoms. The third-order valence-electron chi connectivity index (χ3n) is 5.35. The quantitative estimate of drug-likeness (QED) is 0.507. The van der Waals surface area contributed by atoms with Crippen molar-refractivity contribution in [1.82, 2.24) is 0 Å². The Kier molecular flexibility index (Phi) is 6.09. The molecule has 6 nitrogen and oxygen atoms in total. The molecule has 1 atom stereocenters. The number of benzene rings is 3. The normalized spacial score (nSPS) is 13.4. The standard InChI is InChI=1S/C27H26O6/c1-27(2,3)33-26(30)20-6-4-17(5-7-20)14-22(25(28)29)19-10-8-18(9-11-19)21-12-13-23-24(15-21)32-16-31-23/h4-13,15,22H,14,16H2,1-3H3,(H,28,29). The first-order valence-electron chi connectivity index (χ1n) is 10.7. The topological polar surface area (TPSA) is 82.1 Å². The first kappa shape index (κ1) is 22.4. The van der Waals surface area contributed by atoms with Crippen LogP contribution in [0.3, 0.4) is 0 Å². The number of hydrogen-bond donors (Lipinski definition) is 1. The van der Waals surface area contributed by atoms with E-state index in [2.05, 4.69) is 0 Å². The van der Waals surface area contributed by atoms with Gasteiger partial charge in [0.05, 0.1) is 11.5 Å². The molecule has 1 aliphatic rings. The summed E-state index contributed by atoms with van der Waals surface area (Å²) in [7, 11) is 0. The molecule has 1 heterocycles. The van der Waals surface area contributed by atoms with Crippen molar-refractivity contribution < 1.29 is 28.9 Å². The van der Waals surface area contributed by atoms with Gasteiger partial charge in [-0.15, -0.1) is 0 Å². The lowest BCUT2D eigenvalue weighted by atomic mass is 9.90. The van der Waals surface area contributed by atoms with E-state index in [0.717, 1.165) is 22.4 Å². The smallest absolute Gasteiger partial charge is 0.338 e. The van der Waals surface area contributed by atoms with E-state index >= 15 is 0 Å². The largest absolute Gasteiger partial charge is 0.481 e. The van der Waals surface area contributed by atoms with Gasteiger partial charge in [-0.05, 0) is 73.7 Å². The van der Waals surface area contributed by atoms with Crippen molar-refractivity contribution in [2.45, 2.75) is 38.7 Å². The third-order valence-corrected chi connectivity index (χ3v) is 5.35. The predicted molar refractivity (Wildman–Crippen MR) is 124 cm³/mol. The number of aliphatic carboxylic acids is 1. The fraction of sp³-hybridized carbons (Fsp3) is 0.259. The van der Waals surface area contributed by atoms with E-state index in [0.29, 0.717) is 23.3 Å². The molecule has 0 saturated heterocycles. The highest BCUT2D eigenvalue weighted by Gasteiger charge is 2.22. The molecular weight excluding hydrogens is 420 g/mol. The first-order valence-corrected chi connectivity index (χ1v) is 10.7. The van der Waals surface area contributed by atoms with Gasteiger partial charge in [0.2, 0.25) is 6.79 Å². The molecule has 1 unspecified atom stereocenters. The van der Waals surface area contributed by atoms with Crippen LogP contribution >= 0.6 is 0 Å². The Hall–Kier alpha value is -3.80. The second-order valence-electron chi connectivity index (χ2n) is 8.98. The van der Waals surface area contributed by atoms with Gasteiger partial charge in [0.1, 0.15) is 5.60 Å². The number of esters is 1. The lowest BCUT2D eigenvalue weighted by Crippen LogP contribution is -2.23. The number of fused-ring (bicyclic) bond motifs is 1. The number of carbonyl (C=O) groups is 2. The van der Waals surface area contributed by atoms with Crippen LogP contribution in [0, 0.1) is 0 Å². The molecule has 0 aliphatic carbocycles. The summed E-state index contributed by atoms with van der Waals surface area (Å²) in [5.74, 6) is -0.581. The summed E-state index contributed by atoms with van der Waals surface area (Å²) < 4.78 is 16.2. The number of carbonyl (C=O) groups excluding carboxylic acids is 1. The van der Waals surface area contributed by atoms with E-state index in [4.69, 9.17) is 14.2 Å². The minimum absolute atomic E-state index is 0.219. The van der Waals surface area contributed by atoms with Gasteiger partial charge in [0.15, 0.2) is 11.5 Å². The third kappa shape index (κ3) is 5.34. The van der Waals surface area contributed by atoms with Crippen molar-refractivity contribution in [3.8, 4) is 22.6 Å². The summed E-state index contributed by atoms with van der Waals surface area (Å²) in [6, 6.07) is 20.1. The Balaban J connectivity index is 1.48. The Morgan fingerprint density at radius 2 is 1.55 bits per heavy atom. The monoisotopic (exact) mass is 446 g/mol. The van der Waals surface area contributed by atoms with E-state index in [1.165, 1.54) is 0 Å². The molecule has 0 amide bonds. The van der Waals surface area contributed by atoms with Crippen LogP contribution in [0.5, 0.6) is 11.5 Å². The molecule has 170 valence electrons. The van der Waals surface area contributed by atoms with E-state index in [1.807, 2.05) is 63.2 Å². The zero-order valence-corrected chi connectivity index (χ0v) is 18.8. The van der Waals surface area contributed by atoms with Crippen LogP contribution in [0.2, 0.25) is 0 Å². The molecule has 0 aromatic heterocycles. The first-order chi connectivity index (χ1) is 15.7. The van der Waals surface area contributed by atoms with Crippen LogP contribution in [0.15, 0.2) is 66.7 Å². The summed E-state index contributed by atoms with van der Waals surface area (Å²) in [6.45, 7) is 5.66. The molecule has 0 bridgehead atoms. The number of hydrogen-bond acceptors (Lipinski definition) is 5. The number of ether oxygens (including phenoxy) is 3. The summed E-state index contributed by atoms with van der Waals surface area (Å²) in [4.78, 5) is 24.2. The maximum absolute atomic E-state index is 12.2. The Morgan fingerprint density at radius 1 is 0.909 bits per heavy atom. The van der Waals surface area contributed by atoms with Crippen LogP contribution < -0.4 is 9.47 Å². The second-order valence-corrected chi connectivity index (χ2v) is 8.98. The predicted octanol–water partition coefficient (Wildman–Crippen LogP) is 5.45. The number of carboxylic acid groups (broad SMARTS) is 1. The van der Waals surface area contributed by atoms with Crippen molar-refractivity contribution in [2.24, 2.45) is 0 Å². The van der Waals surface area contributed by atoms with Gasteiger partial charge in [-0.1, -0.05) is 42.5 Å². The summed E-state index contributed by atoms with van der Waals surface area (Å²) in [6.07, 6.45) is 0.313. The average molecular weight is 446 g/mol. The lowest BCUT2D eigenvalue weighted by molar-refractivity contribution is -0.138. The minimum atomic E-state index is -0.901. The Morgan fingerprint density at radius 3 is 2.18 bits per heavy atom. The summed E-state index contributed by atoms with van der Waals surface area (Å²) in [5, 5.41) is 9.85. The fourth-order valence-corrected chi connectivity index (χ4v) is 3.68. The van der Waals surface area contributed by atoms with Gasteiger partial charge in [-0.2, -0.15) is 0 Å². The average Bonchev–Trinajstić information content (AvgIpc) is 3.24. The number of rotatable bonds is 6. The maximum Gasteiger partial charge on any atom is 0.338 e. The molecule has 0 fully saturated rings. The van der Waals surface area contributed by atoms with Gasteiger partial charge in [0, 0.05) is 0 Å². The summed E-state index contributed by atoms with van der Waals surface area (Å²) in [5.41, 5.74) is 3.33. The van der Waals surface area contributed by atoms with E-state index in [-0.39, 0.29) is 6.79 Å². The fourth-order valence-electron chi connectivity index (χ4n) is 3.68. The minimum Gasteiger partial charge on any atom is -0.481 e. The van der Waals surface area contributed by atoms with Crippen molar-refractivity contribution in [2.75, 3.05) is 6.79 Å². The molecule has 1 aliphatic heterocycles. The van der Waals surface area contributed by atoms with Gasteiger partial charge < -0.3 is 19.3 Å². The van der Waals surface area contributed by atoms with Crippen LogP contribution in [-0.2, 0) is 16.0 Å². The van der Waals surface area contributed by atoms with Gasteiger partial charge in [0.25, 0.3) is 0 Å². The molecule has 1 N–H and O–H groups in total. The molecule has 0 radical (unpaired) electrons. The zero-order valence-electron chi connectivity index (χ0n) is 18.8. The van der Waals surface area contributed by atoms with Crippen LogP contribution in [0.1, 0.15) is 48.2 Å². The van der Waals surface area contributed by atoms with E-state index in [1.54, 1.807) is 24.3 Å². The number of carboxylic acids is 1. The van der Waals surface area contributed by atoms with Crippen molar-refractivity contribution in [3.05, 3.63) is 83.4 Å². The van der Waals surface area contributed by atoms with Crippen molar-refractivity contribution in [3.63, 3.8) is 0 Å². The van der Waals surface area contributed by atoms with Crippen molar-refractivity contribution >= 4 is 11.9 Å². The maximum atomic E-state index is 12.2. The van der Waals surface area contributed by atoms with E-state index in [9.17, 15) is 14.7 Å². The zero-order chi connectivity index (χ0) is 23.6. The van der Waals surface area contributed by atoms with Gasteiger partial charge in [-0.25, -0.2) is 4.79 Å². The van der Waals surface area contributed by atoms with Gasteiger partial charge in [-0.3, -0.25) is 4.79 Å². The highest BCUT2D eigenvalue weighted by Crippen LogP contribution is 2.36. The molecule has 6 heteroatoms. The SMILES string of the molecule is CC(C)(C)OC(=O)c1ccc(CC(C(=O)O)c2ccc(-c3ccc4c(c3)OCO4)cc2)cc1. The molecule has 0 saturated carbocycles. The lowest BCUT2D eigenvalue weighted by Gasteiger charge is -2.19. The van der Waals surface area contributed by atoms with Crippen LogP contribution in [-0.4, -0.2) is 29.4 Å². The molecule has 0 spiro atoms. The molecule has 3 aromatic carbocycles. The molecular formula is C27H26O6. The molecule has 3 aromatic rings. The highest BCUT2D eigenvalue weighted by atomic mass is 16.7. The Bertz CT molecular complexity index is 1160. The van der Waals surface area contributed by atoms with Crippen molar-refractivity contribution in [1.29, 1.82) is 0 Å². The van der Waals surface area contributed by atoms with E-state index < -0.39 is 23.5 Å². The molecule has 4 rings (SSSR count). The second kappa shape index (κ2) is 8.98. The summed E-state index contributed by atoms with van der Waals surface area (Å²) >= 11 is 0.